The third-order valence-corrected chi connectivity index (χ3v) is 7.05. The van der Waals surface area contributed by atoms with Crippen LogP contribution in [-0.4, -0.2) is 42.7 Å². The zero-order valence-electron chi connectivity index (χ0n) is 19.4. The maximum absolute atomic E-state index is 4.91. The Bertz CT molecular complexity index is 1070. The van der Waals surface area contributed by atoms with Crippen molar-refractivity contribution in [2.75, 3.05) is 42.5 Å². The number of aromatic nitrogens is 2. The van der Waals surface area contributed by atoms with E-state index in [4.69, 9.17) is 9.97 Å². The Morgan fingerprint density at radius 2 is 1.50 bits per heavy atom. The normalized spacial score (nSPS) is 16.7. The van der Waals surface area contributed by atoms with Crippen LogP contribution in [0.25, 0.3) is 0 Å². The van der Waals surface area contributed by atoms with Crippen LogP contribution in [0.1, 0.15) is 41.8 Å². The molecular weight excluding hydrogens is 394 g/mol. The van der Waals surface area contributed by atoms with Gasteiger partial charge >= 0.3 is 0 Å². The van der Waals surface area contributed by atoms with E-state index in [9.17, 15) is 0 Å². The number of hydrogen-bond donors (Lipinski definition) is 1. The molecule has 2 aliphatic heterocycles. The summed E-state index contributed by atoms with van der Waals surface area (Å²) in [6.45, 7) is 12.6. The lowest BCUT2D eigenvalue weighted by Crippen LogP contribution is -2.44. The number of hydrogen-bond acceptors (Lipinski definition) is 5. The number of fused-ring (bicyclic) bond motifs is 1. The summed E-state index contributed by atoms with van der Waals surface area (Å²) in [6, 6.07) is 18.0. The molecule has 1 N–H and O–H groups in total. The van der Waals surface area contributed by atoms with Crippen LogP contribution >= 0.6 is 0 Å². The summed E-state index contributed by atoms with van der Waals surface area (Å²) in [5.41, 5.74) is 7.70. The molecule has 0 unspecified atom stereocenters. The van der Waals surface area contributed by atoms with Gasteiger partial charge in [-0.05, 0) is 30.2 Å². The zero-order chi connectivity index (χ0) is 22.1. The predicted octanol–water partition coefficient (Wildman–Crippen LogP) is 4.08. The SMILES string of the molecule is Cc1ccc(C(C)(C)c2ccc(N3CCc4nc(N5CCNCC5)ncc4C3)cc2)cc1. The number of anilines is 2. The van der Waals surface area contributed by atoms with E-state index in [1.54, 1.807) is 0 Å². The average Bonchev–Trinajstić information content (AvgIpc) is 2.84. The van der Waals surface area contributed by atoms with Gasteiger partial charge in [-0.1, -0.05) is 55.8 Å². The Balaban J connectivity index is 1.31. The van der Waals surface area contributed by atoms with Gasteiger partial charge in [-0.2, -0.15) is 0 Å². The summed E-state index contributed by atoms with van der Waals surface area (Å²) in [4.78, 5) is 14.3. The van der Waals surface area contributed by atoms with E-state index in [-0.39, 0.29) is 5.41 Å². The van der Waals surface area contributed by atoms with Crippen LogP contribution in [0.2, 0.25) is 0 Å². The second-order valence-electron chi connectivity index (χ2n) is 9.59. The largest absolute Gasteiger partial charge is 0.367 e. The van der Waals surface area contributed by atoms with Crippen LogP contribution in [0, 0.1) is 6.92 Å². The minimum Gasteiger partial charge on any atom is -0.367 e. The van der Waals surface area contributed by atoms with E-state index < -0.39 is 0 Å². The van der Waals surface area contributed by atoms with Crippen LogP contribution in [0.4, 0.5) is 11.6 Å². The highest BCUT2D eigenvalue weighted by Gasteiger charge is 2.24. The minimum absolute atomic E-state index is 0.0189. The summed E-state index contributed by atoms with van der Waals surface area (Å²) in [5, 5.41) is 3.39. The third kappa shape index (κ3) is 4.09. The summed E-state index contributed by atoms with van der Waals surface area (Å²) in [5.74, 6) is 0.890. The van der Waals surface area contributed by atoms with E-state index in [1.165, 1.54) is 33.6 Å². The summed E-state index contributed by atoms with van der Waals surface area (Å²) >= 11 is 0. The standard InChI is InChI=1S/C27H33N5/c1-20-4-6-22(7-5-20)27(2,3)23-8-10-24(11-9-23)32-15-12-25-21(19-32)18-29-26(30-25)31-16-13-28-14-17-31/h4-11,18,28H,12-17,19H2,1-3H3. The van der Waals surface area contributed by atoms with Crippen molar-refractivity contribution in [3.63, 3.8) is 0 Å². The van der Waals surface area contributed by atoms with Gasteiger partial charge in [0.2, 0.25) is 5.95 Å². The predicted molar refractivity (Wildman–Crippen MR) is 132 cm³/mol. The second-order valence-corrected chi connectivity index (χ2v) is 9.59. The van der Waals surface area contributed by atoms with Crippen LogP contribution in [0.15, 0.2) is 54.7 Å². The molecule has 1 fully saturated rings. The fourth-order valence-electron chi connectivity index (χ4n) is 4.77. The Labute approximate surface area is 191 Å². The minimum atomic E-state index is -0.0189. The Hall–Kier alpha value is -2.92. The molecule has 5 heteroatoms. The van der Waals surface area contributed by atoms with E-state index in [0.717, 1.165) is 51.6 Å². The lowest BCUT2D eigenvalue weighted by molar-refractivity contribution is 0.576. The number of piperazine rings is 1. The maximum Gasteiger partial charge on any atom is 0.225 e. The Kier molecular flexibility index (Phi) is 5.60. The van der Waals surface area contributed by atoms with Crippen LogP contribution in [0.3, 0.4) is 0 Å². The molecule has 1 aromatic heterocycles. The summed E-state index contributed by atoms with van der Waals surface area (Å²) < 4.78 is 0. The smallest absolute Gasteiger partial charge is 0.225 e. The van der Waals surface area contributed by atoms with Gasteiger partial charge in [0.15, 0.2) is 0 Å². The molecule has 3 aromatic rings. The van der Waals surface area contributed by atoms with Gasteiger partial charge in [0.05, 0.1) is 5.69 Å². The zero-order valence-corrected chi connectivity index (χ0v) is 19.4. The molecule has 0 saturated carbocycles. The van der Waals surface area contributed by atoms with Gasteiger partial charge in [-0.15, -0.1) is 0 Å². The monoisotopic (exact) mass is 427 g/mol. The van der Waals surface area contributed by atoms with Crippen LogP contribution in [-0.2, 0) is 18.4 Å². The van der Waals surface area contributed by atoms with Gasteiger partial charge in [-0.25, -0.2) is 9.97 Å². The second kappa shape index (κ2) is 8.55. The molecule has 32 heavy (non-hydrogen) atoms. The van der Waals surface area contributed by atoms with E-state index in [0.29, 0.717) is 0 Å². The lowest BCUT2D eigenvalue weighted by Gasteiger charge is -2.32. The van der Waals surface area contributed by atoms with Crippen molar-refractivity contribution in [1.82, 2.24) is 15.3 Å². The number of nitrogens with one attached hydrogen (secondary N) is 1. The highest BCUT2D eigenvalue weighted by Crippen LogP contribution is 2.33. The molecule has 0 spiro atoms. The molecule has 166 valence electrons. The first-order valence-electron chi connectivity index (χ1n) is 11.7. The maximum atomic E-state index is 4.91. The molecule has 0 bridgehead atoms. The molecular formula is C27H33N5. The topological polar surface area (TPSA) is 44.3 Å². The number of benzene rings is 2. The highest BCUT2D eigenvalue weighted by atomic mass is 15.3. The lowest BCUT2D eigenvalue weighted by atomic mass is 9.78. The molecule has 0 amide bonds. The van der Waals surface area contributed by atoms with Crippen molar-refractivity contribution in [3.05, 3.63) is 82.7 Å². The van der Waals surface area contributed by atoms with Gasteiger partial charge in [0.25, 0.3) is 0 Å². The Morgan fingerprint density at radius 1 is 0.844 bits per heavy atom. The molecule has 5 rings (SSSR count). The molecule has 2 aromatic carbocycles. The van der Waals surface area contributed by atoms with Gasteiger partial charge in [-0.3, -0.25) is 0 Å². The first-order valence-corrected chi connectivity index (χ1v) is 11.7. The van der Waals surface area contributed by atoms with Gasteiger partial charge in [0, 0.05) is 68.6 Å². The third-order valence-electron chi connectivity index (χ3n) is 7.05. The van der Waals surface area contributed by atoms with E-state index in [2.05, 4.69) is 84.4 Å². The van der Waals surface area contributed by atoms with E-state index >= 15 is 0 Å². The van der Waals surface area contributed by atoms with Crippen molar-refractivity contribution in [2.45, 2.75) is 39.2 Å². The van der Waals surface area contributed by atoms with Crippen molar-refractivity contribution in [2.24, 2.45) is 0 Å². The van der Waals surface area contributed by atoms with E-state index in [1.807, 2.05) is 6.20 Å². The summed E-state index contributed by atoms with van der Waals surface area (Å²) in [7, 11) is 0. The fourth-order valence-corrected chi connectivity index (χ4v) is 4.77. The molecule has 2 aliphatic rings. The van der Waals surface area contributed by atoms with Gasteiger partial charge < -0.3 is 15.1 Å². The van der Waals surface area contributed by atoms with Crippen LogP contribution < -0.4 is 15.1 Å². The molecule has 0 atom stereocenters. The highest BCUT2D eigenvalue weighted by molar-refractivity contribution is 5.52. The average molecular weight is 428 g/mol. The molecule has 1 saturated heterocycles. The molecule has 3 heterocycles. The van der Waals surface area contributed by atoms with Crippen molar-refractivity contribution >= 4 is 11.6 Å². The van der Waals surface area contributed by atoms with Crippen molar-refractivity contribution in [1.29, 1.82) is 0 Å². The molecule has 5 nitrogen and oxygen atoms in total. The molecule has 0 aliphatic carbocycles. The number of nitrogens with zero attached hydrogens (tertiary/aromatic N) is 4. The van der Waals surface area contributed by atoms with Crippen LogP contribution in [0.5, 0.6) is 0 Å². The molecule has 0 radical (unpaired) electrons. The first-order chi connectivity index (χ1) is 15.5. The number of aryl methyl sites for hydroxylation is 1. The quantitative estimate of drug-likeness (QED) is 0.680. The summed E-state index contributed by atoms with van der Waals surface area (Å²) in [6.07, 6.45) is 3.01. The fraction of sp³-hybridized carbons (Fsp3) is 0.407. The van der Waals surface area contributed by atoms with Crippen molar-refractivity contribution in [3.8, 4) is 0 Å². The number of rotatable bonds is 4. The Morgan fingerprint density at radius 3 is 2.19 bits per heavy atom. The van der Waals surface area contributed by atoms with Crippen molar-refractivity contribution < 1.29 is 0 Å². The van der Waals surface area contributed by atoms with Gasteiger partial charge in [0.1, 0.15) is 0 Å². The first kappa shape index (κ1) is 21.0.